The Morgan fingerprint density at radius 2 is 1.50 bits per heavy atom. The Kier molecular flexibility index (Phi) is 4.02. The van der Waals surface area contributed by atoms with Crippen molar-refractivity contribution < 1.29 is 13.2 Å². The summed E-state index contributed by atoms with van der Waals surface area (Å²) in [7, 11) is 0. The maximum absolute atomic E-state index is 13.6. The maximum Gasteiger partial charge on any atom is 0.161 e. The van der Waals surface area contributed by atoms with Gasteiger partial charge in [-0.3, -0.25) is 0 Å². The van der Waals surface area contributed by atoms with Gasteiger partial charge >= 0.3 is 0 Å². The number of rotatable bonds is 3. The number of hydrogen-bond acceptors (Lipinski definition) is 1. The van der Waals surface area contributed by atoms with Gasteiger partial charge in [-0.25, -0.2) is 13.2 Å². The molecule has 0 aliphatic rings. The van der Waals surface area contributed by atoms with Crippen LogP contribution in [0.2, 0.25) is 0 Å². The highest BCUT2D eigenvalue weighted by molar-refractivity contribution is 5.47. The van der Waals surface area contributed by atoms with Crippen LogP contribution >= 0.6 is 0 Å². The highest BCUT2D eigenvalue weighted by Crippen LogP contribution is 2.25. The lowest BCUT2D eigenvalue weighted by molar-refractivity contribution is 0.495. The van der Waals surface area contributed by atoms with Crippen molar-refractivity contribution >= 4 is 5.69 Å². The van der Waals surface area contributed by atoms with Gasteiger partial charge in [0.15, 0.2) is 11.6 Å². The number of anilines is 1. The van der Waals surface area contributed by atoms with E-state index in [1.54, 1.807) is 0 Å². The zero-order chi connectivity index (χ0) is 14.9. The molecule has 2 aromatic rings. The van der Waals surface area contributed by atoms with Crippen LogP contribution in [0.25, 0.3) is 0 Å². The van der Waals surface area contributed by atoms with E-state index < -0.39 is 17.5 Å². The Morgan fingerprint density at radius 1 is 0.850 bits per heavy atom. The van der Waals surface area contributed by atoms with Gasteiger partial charge in [0.1, 0.15) is 5.82 Å². The Labute approximate surface area is 116 Å². The molecule has 0 aromatic heterocycles. The molecule has 0 saturated carbocycles. The van der Waals surface area contributed by atoms with Crippen LogP contribution in [0.4, 0.5) is 18.9 Å². The van der Waals surface area contributed by atoms with E-state index in [4.69, 9.17) is 0 Å². The van der Waals surface area contributed by atoms with Crippen LogP contribution in [0.15, 0.2) is 30.3 Å². The molecule has 1 atom stereocenters. The Hall–Kier alpha value is -1.97. The summed E-state index contributed by atoms with van der Waals surface area (Å²) in [5.74, 6) is -3.06. The number of aryl methyl sites for hydroxylation is 2. The van der Waals surface area contributed by atoms with Crippen LogP contribution < -0.4 is 5.32 Å². The summed E-state index contributed by atoms with van der Waals surface area (Å²) in [5.41, 5.74) is 3.20. The predicted molar refractivity (Wildman–Crippen MR) is 74.3 cm³/mol. The molecular weight excluding hydrogens is 263 g/mol. The first-order valence-electron chi connectivity index (χ1n) is 6.36. The SMILES string of the molecule is Cc1ccc(C(C)Nc2cc(F)c(F)cc2F)cc1C. The lowest BCUT2D eigenvalue weighted by Gasteiger charge is -2.17. The molecule has 0 fully saturated rings. The smallest absolute Gasteiger partial charge is 0.161 e. The van der Waals surface area contributed by atoms with Crippen molar-refractivity contribution in [3.05, 3.63) is 64.5 Å². The first kappa shape index (κ1) is 14.4. The second-order valence-corrected chi connectivity index (χ2v) is 4.96. The molecule has 0 bridgehead atoms. The third-order valence-corrected chi connectivity index (χ3v) is 3.41. The van der Waals surface area contributed by atoms with Gasteiger partial charge in [0.25, 0.3) is 0 Å². The van der Waals surface area contributed by atoms with E-state index in [9.17, 15) is 13.2 Å². The maximum atomic E-state index is 13.6. The lowest BCUT2D eigenvalue weighted by Crippen LogP contribution is -2.09. The average molecular weight is 279 g/mol. The highest BCUT2D eigenvalue weighted by Gasteiger charge is 2.13. The van der Waals surface area contributed by atoms with E-state index in [2.05, 4.69) is 5.32 Å². The Bertz CT molecular complexity index is 638. The molecule has 0 saturated heterocycles. The quantitative estimate of drug-likeness (QED) is 0.788. The Balaban J connectivity index is 2.25. The summed E-state index contributed by atoms with van der Waals surface area (Å²) in [6.45, 7) is 5.83. The molecule has 0 heterocycles. The van der Waals surface area contributed by atoms with Gasteiger partial charge in [-0.05, 0) is 37.5 Å². The van der Waals surface area contributed by atoms with E-state index in [0.29, 0.717) is 6.07 Å². The van der Waals surface area contributed by atoms with Crippen molar-refractivity contribution in [1.29, 1.82) is 0 Å². The molecule has 0 aliphatic heterocycles. The number of halogens is 3. The largest absolute Gasteiger partial charge is 0.376 e. The van der Waals surface area contributed by atoms with Gasteiger partial charge in [0.05, 0.1) is 5.69 Å². The Morgan fingerprint density at radius 3 is 2.15 bits per heavy atom. The van der Waals surface area contributed by atoms with Gasteiger partial charge in [0, 0.05) is 18.2 Å². The minimum absolute atomic E-state index is 0.0466. The summed E-state index contributed by atoms with van der Waals surface area (Å²) < 4.78 is 39.6. The molecule has 0 spiro atoms. The zero-order valence-electron chi connectivity index (χ0n) is 11.6. The van der Waals surface area contributed by atoms with E-state index in [0.717, 1.165) is 17.2 Å². The van der Waals surface area contributed by atoms with Crippen molar-refractivity contribution in [2.24, 2.45) is 0 Å². The van der Waals surface area contributed by atoms with Gasteiger partial charge in [-0.1, -0.05) is 18.2 Å². The van der Waals surface area contributed by atoms with Crippen molar-refractivity contribution in [3.8, 4) is 0 Å². The summed E-state index contributed by atoms with van der Waals surface area (Å²) in [4.78, 5) is 0. The van der Waals surface area contributed by atoms with Crippen molar-refractivity contribution in [2.45, 2.75) is 26.8 Å². The van der Waals surface area contributed by atoms with E-state index >= 15 is 0 Å². The molecule has 0 amide bonds. The van der Waals surface area contributed by atoms with Crippen LogP contribution in [-0.2, 0) is 0 Å². The highest BCUT2D eigenvalue weighted by atomic mass is 19.2. The molecule has 1 nitrogen and oxygen atoms in total. The predicted octanol–water partition coefficient (Wildman–Crippen LogP) is 4.89. The van der Waals surface area contributed by atoms with E-state index in [-0.39, 0.29) is 11.7 Å². The van der Waals surface area contributed by atoms with Crippen LogP contribution in [0.5, 0.6) is 0 Å². The van der Waals surface area contributed by atoms with Crippen LogP contribution in [0, 0.1) is 31.3 Å². The van der Waals surface area contributed by atoms with Gasteiger partial charge in [-0.2, -0.15) is 0 Å². The summed E-state index contributed by atoms with van der Waals surface area (Å²) in [5, 5.41) is 2.86. The van der Waals surface area contributed by atoms with Crippen LogP contribution in [-0.4, -0.2) is 0 Å². The molecule has 106 valence electrons. The first-order valence-corrected chi connectivity index (χ1v) is 6.36. The topological polar surface area (TPSA) is 12.0 Å². The third kappa shape index (κ3) is 2.95. The van der Waals surface area contributed by atoms with Crippen molar-refractivity contribution in [2.75, 3.05) is 5.32 Å². The minimum Gasteiger partial charge on any atom is -0.376 e. The second-order valence-electron chi connectivity index (χ2n) is 4.96. The van der Waals surface area contributed by atoms with E-state index in [1.165, 1.54) is 5.56 Å². The lowest BCUT2D eigenvalue weighted by atomic mass is 10.0. The molecular formula is C16H16F3N. The first-order chi connectivity index (χ1) is 9.38. The normalized spacial score (nSPS) is 12.3. The number of nitrogens with one attached hydrogen (secondary N) is 1. The third-order valence-electron chi connectivity index (χ3n) is 3.41. The summed E-state index contributed by atoms with van der Waals surface area (Å²) in [6, 6.07) is 7.06. The second kappa shape index (κ2) is 5.57. The molecule has 1 unspecified atom stereocenters. The molecule has 0 aliphatic carbocycles. The van der Waals surface area contributed by atoms with Gasteiger partial charge < -0.3 is 5.32 Å². The molecule has 2 rings (SSSR count). The molecule has 20 heavy (non-hydrogen) atoms. The van der Waals surface area contributed by atoms with Gasteiger partial charge in [-0.15, -0.1) is 0 Å². The molecule has 0 radical (unpaired) electrons. The standard InChI is InChI=1S/C16H16F3N/c1-9-4-5-12(6-10(9)2)11(3)20-16-8-14(18)13(17)7-15(16)19/h4-8,11,20H,1-3H3. The minimum atomic E-state index is -1.19. The number of hydrogen-bond donors (Lipinski definition) is 1. The molecule has 1 N–H and O–H groups in total. The molecule has 2 aromatic carbocycles. The summed E-state index contributed by atoms with van der Waals surface area (Å²) in [6.07, 6.45) is 0. The molecule has 4 heteroatoms. The van der Waals surface area contributed by atoms with Crippen LogP contribution in [0.1, 0.15) is 29.7 Å². The fraction of sp³-hybridized carbons (Fsp3) is 0.250. The van der Waals surface area contributed by atoms with Crippen LogP contribution in [0.3, 0.4) is 0 Å². The van der Waals surface area contributed by atoms with Gasteiger partial charge in [0.2, 0.25) is 0 Å². The average Bonchev–Trinajstić information content (AvgIpc) is 2.39. The van der Waals surface area contributed by atoms with Crippen molar-refractivity contribution in [1.82, 2.24) is 0 Å². The van der Waals surface area contributed by atoms with E-state index in [1.807, 2.05) is 39.0 Å². The zero-order valence-corrected chi connectivity index (χ0v) is 11.6. The monoisotopic (exact) mass is 279 g/mol. The fourth-order valence-electron chi connectivity index (χ4n) is 1.98. The summed E-state index contributed by atoms with van der Waals surface area (Å²) >= 11 is 0. The van der Waals surface area contributed by atoms with Crippen molar-refractivity contribution in [3.63, 3.8) is 0 Å². The fourth-order valence-corrected chi connectivity index (χ4v) is 1.98. The number of benzene rings is 2.